The van der Waals surface area contributed by atoms with E-state index in [1.807, 2.05) is 0 Å². The molecule has 0 atom stereocenters. The number of benzene rings is 1. The molecule has 2 aromatic rings. The molecule has 0 aliphatic carbocycles. The van der Waals surface area contributed by atoms with Crippen LogP contribution in [0.2, 0.25) is 0 Å². The first-order chi connectivity index (χ1) is 7.63. The van der Waals surface area contributed by atoms with Crippen molar-refractivity contribution in [1.29, 1.82) is 0 Å². The molecule has 0 aliphatic rings. The van der Waals surface area contributed by atoms with Crippen molar-refractivity contribution in [3.05, 3.63) is 33.4 Å². The molecule has 84 valence electrons. The Labute approximate surface area is 104 Å². The van der Waals surface area contributed by atoms with E-state index in [2.05, 4.69) is 15.9 Å². The Hall–Kier alpha value is -0.940. The van der Waals surface area contributed by atoms with E-state index in [0.29, 0.717) is 21.3 Å². The van der Waals surface area contributed by atoms with Gasteiger partial charge in [-0.05, 0) is 41.1 Å². The van der Waals surface area contributed by atoms with Crippen molar-refractivity contribution in [2.45, 2.75) is 6.92 Å². The molecule has 2 nitrogen and oxygen atoms in total. The molecule has 0 saturated carbocycles. The molecule has 5 heteroatoms. The zero-order chi connectivity index (χ0) is 11.7. The molecule has 1 aromatic carbocycles. The minimum absolute atomic E-state index is 0.333. The van der Waals surface area contributed by atoms with Crippen molar-refractivity contribution in [3.8, 4) is 0 Å². The summed E-state index contributed by atoms with van der Waals surface area (Å²) in [5.74, 6) is -0.697. The minimum Gasteiger partial charge on any atom is -0.462 e. The van der Waals surface area contributed by atoms with Gasteiger partial charge in [-0.3, -0.25) is 0 Å². The highest BCUT2D eigenvalue weighted by molar-refractivity contribution is 9.10. The van der Waals surface area contributed by atoms with E-state index in [4.69, 9.17) is 4.74 Å². The lowest BCUT2D eigenvalue weighted by Crippen LogP contribution is -2.01. The number of hydrogen-bond donors (Lipinski definition) is 0. The largest absolute Gasteiger partial charge is 0.462 e. The van der Waals surface area contributed by atoms with Gasteiger partial charge in [0.25, 0.3) is 0 Å². The number of fused-ring (bicyclic) bond motifs is 1. The molecule has 0 aliphatic heterocycles. The number of carbonyl (C=O) groups is 1. The molecule has 0 spiro atoms. The lowest BCUT2D eigenvalue weighted by Gasteiger charge is -1.95. The van der Waals surface area contributed by atoms with Crippen LogP contribution >= 0.6 is 27.3 Å². The number of rotatable bonds is 2. The Morgan fingerprint density at radius 3 is 3.00 bits per heavy atom. The summed E-state index contributed by atoms with van der Waals surface area (Å²) in [6.07, 6.45) is 0. The van der Waals surface area contributed by atoms with E-state index in [1.54, 1.807) is 19.1 Å². The number of ether oxygens (including phenoxy) is 1. The summed E-state index contributed by atoms with van der Waals surface area (Å²) in [5.41, 5.74) is 0. The molecular formula is C11H8BrFO2S. The monoisotopic (exact) mass is 302 g/mol. The number of hydrogen-bond acceptors (Lipinski definition) is 3. The van der Waals surface area contributed by atoms with Crippen molar-refractivity contribution in [3.63, 3.8) is 0 Å². The van der Waals surface area contributed by atoms with E-state index in [0.717, 1.165) is 4.70 Å². The molecule has 0 amide bonds. The second-order valence-corrected chi connectivity index (χ2v) is 4.98. The Morgan fingerprint density at radius 1 is 1.56 bits per heavy atom. The van der Waals surface area contributed by atoms with Gasteiger partial charge in [-0.15, -0.1) is 11.3 Å². The van der Waals surface area contributed by atoms with Crippen LogP contribution in [0.5, 0.6) is 0 Å². The molecule has 0 bridgehead atoms. The van der Waals surface area contributed by atoms with Gasteiger partial charge < -0.3 is 4.74 Å². The van der Waals surface area contributed by atoms with E-state index < -0.39 is 0 Å². The van der Waals surface area contributed by atoms with Crippen LogP contribution in [0.25, 0.3) is 10.1 Å². The summed E-state index contributed by atoms with van der Waals surface area (Å²) in [4.78, 5) is 12.0. The van der Waals surface area contributed by atoms with E-state index in [1.165, 1.54) is 17.4 Å². The van der Waals surface area contributed by atoms with Gasteiger partial charge in [-0.1, -0.05) is 0 Å². The molecule has 0 saturated heterocycles. The Balaban J connectivity index is 2.52. The van der Waals surface area contributed by atoms with Crippen molar-refractivity contribution in [2.75, 3.05) is 6.61 Å². The molecule has 2 rings (SSSR count). The van der Waals surface area contributed by atoms with Crippen LogP contribution in [0.3, 0.4) is 0 Å². The zero-order valence-electron chi connectivity index (χ0n) is 8.42. The molecule has 16 heavy (non-hydrogen) atoms. The number of carbonyl (C=O) groups excluding carboxylic acids is 1. The summed E-state index contributed by atoms with van der Waals surface area (Å²) < 4.78 is 19.4. The number of thiophene rings is 1. The third-order valence-corrected chi connectivity index (χ3v) is 3.95. The van der Waals surface area contributed by atoms with Crippen molar-refractivity contribution >= 4 is 43.3 Å². The fourth-order valence-corrected chi connectivity index (χ4v) is 2.91. The predicted octanol–water partition coefficient (Wildman–Crippen LogP) is 3.98. The van der Waals surface area contributed by atoms with Crippen LogP contribution in [-0.2, 0) is 4.74 Å². The average Bonchev–Trinajstić information content (AvgIpc) is 2.69. The fourth-order valence-electron chi connectivity index (χ4n) is 1.35. The molecule has 0 N–H and O–H groups in total. The Kier molecular flexibility index (Phi) is 3.25. The third kappa shape index (κ3) is 1.97. The SMILES string of the molecule is CCOC(=O)c1cc2c(Br)c(F)ccc2s1. The van der Waals surface area contributed by atoms with Crippen LogP contribution in [-0.4, -0.2) is 12.6 Å². The van der Waals surface area contributed by atoms with Crippen molar-refractivity contribution < 1.29 is 13.9 Å². The summed E-state index contributed by atoms with van der Waals surface area (Å²) in [5, 5.41) is 0.702. The van der Waals surface area contributed by atoms with Gasteiger partial charge >= 0.3 is 5.97 Å². The minimum atomic E-state index is -0.365. The van der Waals surface area contributed by atoms with E-state index >= 15 is 0 Å². The third-order valence-electron chi connectivity index (χ3n) is 2.06. The second kappa shape index (κ2) is 4.51. The summed E-state index contributed by atoms with van der Waals surface area (Å²) in [7, 11) is 0. The standard InChI is InChI=1S/C11H8BrFO2S/c1-2-15-11(14)9-5-6-8(16-9)4-3-7(13)10(6)12/h3-5H,2H2,1H3. The van der Waals surface area contributed by atoms with Gasteiger partial charge in [-0.2, -0.15) is 0 Å². The zero-order valence-corrected chi connectivity index (χ0v) is 10.8. The van der Waals surface area contributed by atoms with Gasteiger partial charge in [0.05, 0.1) is 11.1 Å². The van der Waals surface area contributed by atoms with Crippen LogP contribution in [0, 0.1) is 5.82 Å². The molecule has 1 heterocycles. The first-order valence-electron chi connectivity index (χ1n) is 4.68. The van der Waals surface area contributed by atoms with Crippen LogP contribution in [0.4, 0.5) is 4.39 Å². The maximum atomic E-state index is 13.2. The lowest BCUT2D eigenvalue weighted by atomic mass is 10.2. The highest BCUT2D eigenvalue weighted by atomic mass is 79.9. The molecular weight excluding hydrogens is 295 g/mol. The smallest absolute Gasteiger partial charge is 0.348 e. The summed E-state index contributed by atoms with van der Waals surface area (Å²) >= 11 is 4.46. The van der Waals surface area contributed by atoms with Crippen LogP contribution < -0.4 is 0 Å². The molecule has 1 aromatic heterocycles. The Bertz CT molecular complexity index is 550. The van der Waals surface area contributed by atoms with Crippen molar-refractivity contribution in [1.82, 2.24) is 0 Å². The second-order valence-electron chi connectivity index (χ2n) is 3.10. The fraction of sp³-hybridized carbons (Fsp3) is 0.182. The molecule has 0 unspecified atom stereocenters. The van der Waals surface area contributed by atoms with Gasteiger partial charge in [0.15, 0.2) is 0 Å². The van der Waals surface area contributed by atoms with Crippen LogP contribution in [0.15, 0.2) is 22.7 Å². The number of halogens is 2. The summed E-state index contributed by atoms with van der Waals surface area (Å²) in [6.45, 7) is 2.09. The first kappa shape index (κ1) is 11.5. The average molecular weight is 303 g/mol. The van der Waals surface area contributed by atoms with Crippen molar-refractivity contribution in [2.24, 2.45) is 0 Å². The normalized spacial score (nSPS) is 10.7. The highest BCUT2D eigenvalue weighted by Crippen LogP contribution is 2.33. The maximum Gasteiger partial charge on any atom is 0.348 e. The van der Waals surface area contributed by atoms with Gasteiger partial charge in [-0.25, -0.2) is 9.18 Å². The lowest BCUT2D eigenvalue weighted by molar-refractivity contribution is 0.0532. The maximum absolute atomic E-state index is 13.2. The quantitative estimate of drug-likeness (QED) is 0.784. The van der Waals surface area contributed by atoms with Gasteiger partial charge in [0.2, 0.25) is 0 Å². The first-order valence-corrected chi connectivity index (χ1v) is 6.29. The Morgan fingerprint density at radius 2 is 2.31 bits per heavy atom. The van der Waals surface area contributed by atoms with Crippen LogP contribution in [0.1, 0.15) is 16.6 Å². The van der Waals surface area contributed by atoms with E-state index in [-0.39, 0.29) is 11.8 Å². The molecule has 0 radical (unpaired) electrons. The predicted molar refractivity (Wildman–Crippen MR) is 65.4 cm³/mol. The summed E-state index contributed by atoms with van der Waals surface area (Å²) in [6, 6.07) is 4.67. The topological polar surface area (TPSA) is 26.3 Å². The van der Waals surface area contributed by atoms with Gasteiger partial charge in [0.1, 0.15) is 10.7 Å². The highest BCUT2D eigenvalue weighted by Gasteiger charge is 2.14. The number of esters is 1. The van der Waals surface area contributed by atoms with Gasteiger partial charge in [0, 0.05) is 10.1 Å². The molecule has 0 fully saturated rings. The van der Waals surface area contributed by atoms with E-state index in [9.17, 15) is 9.18 Å².